The van der Waals surface area contributed by atoms with Crippen molar-refractivity contribution in [2.75, 3.05) is 26.7 Å². The summed E-state index contributed by atoms with van der Waals surface area (Å²) in [7, 11) is 0.257. The van der Waals surface area contributed by atoms with Gasteiger partial charge in [0, 0.05) is 6.54 Å². The molecule has 0 aromatic heterocycles. The maximum Gasteiger partial charge on any atom is 0.612 e. The largest absolute Gasteiger partial charge is 0.612 e. The van der Waals surface area contributed by atoms with Crippen LogP contribution < -0.4 is 10.4 Å². The lowest BCUT2D eigenvalue weighted by atomic mass is 10.1. The minimum absolute atomic E-state index is 0.617. The van der Waals surface area contributed by atoms with Crippen LogP contribution in [0.4, 0.5) is 0 Å². The Hall–Kier alpha value is -0.0200. The quantitative estimate of drug-likeness (QED) is 0.237. The van der Waals surface area contributed by atoms with Crippen molar-refractivity contribution < 1.29 is 9.09 Å². The molecule has 5 heteroatoms. The van der Waals surface area contributed by atoms with Gasteiger partial charge in [0.2, 0.25) is 0 Å². The predicted octanol–water partition coefficient (Wildman–Crippen LogP) is 5.56. The predicted molar refractivity (Wildman–Crippen MR) is 101 cm³/mol. The average molecular weight is 348 g/mol. The summed E-state index contributed by atoms with van der Waals surface area (Å²) in [5, 5.41) is 5.97. The maximum absolute atomic E-state index is 11.5. The molecule has 0 aromatic carbocycles. The van der Waals surface area contributed by atoms with Crippen LogP contribution in [0.2, 0.25) is 0 Å². The molecule has 2 N–H and O–H groups in total. The van der Waals surface area contributed by atoms with E-state index in [0.29, 0.717) is 6.61 Å². The summed E-state index contributed by atoms with van der Waals surface area (Å²) in [5.74, 6) is 0. The maximum atomic E-state index is 11.5. The van der Waals surface area contributed by atoms with Gasteiger partial charge in [-0.2, -0.15) is 0 Å². The highest BCUT2D eigenvalue weighted by Crippen LogP contribution is 2.17. The number of hydrogen-bond donors (Lipinski definition) is 2. The van der Waals surface area contributed by atoms with Crippen LogP contribution in [-0.2, 0) is 9.09 Å². The Kier molecular flexibility index (Phi) is 20.0. The molecule has 0 saturated heterocycles. The van der Waals surface area contributed by atoms with Crippen LogP contribution in [0.25, 0.3) is 0 Å². The Morgan fingerprint density at radius 2 is 1.26 bits per heavy atom. The molecule has 0 radical (unpaired) electrons. The van der Waals surface area contributed by atoms with E-state index < -0.39 is 8.18 Å². The Bertz CT molecular complexity index is 253. The molecule has 0 aliphatic heterocycles. The van der Waals surface area contributed by atoms with Gasteiger partial charge in [-0.25, -0.2) is 0 Å². The van der Waals surface area contributed by atoms with Crippen LogP contribution in [0.1, 0.15) is 90.4 Å². The molecule has 0 heterocycles. The molecule has 0 bridgehead atoms. The molecule has 0 aliphatic carbocycles. The minimum atomic E-state index is -1.66. The average Bonchev–Trinajstić information content (AvgIpc) is 2.56. The molecule has 0 amide bonds. The second-order valence-corrected chi connectivity index (χ2v) is 7.43. The summed E-state index contributed by atoms with van der Waals surface area (Å²) in [6.07, 6.45) is 17.0. The van der Waals surface area contributed by atoms with E-state index in [1.54, 1.807) is 0 Å². The van der Waals surface area contributed by atoms with Crippen molar-refractivity contribution in [2.45, 2.75) is 90.4 Å². The molecule has 23 heavy (non-hydrogen) atoms. The molecular weight excluding hydrogens is 307 g/mol. The van der Waals surface area contributed by atoms with E-state index in [1.807, 2.05) is 7.05 Å². The van der Waals surface area contributed by atoms with Gasteiger partial charge in [-0.15, -0.1) is 4.52 Å². The Morgan fingerprint density at radius 1 is 0.739 bits per heavy atom. The van der Waals surface area contributed by atoms with Gasteiger partial charge in [-0.3, -0.25) is 0 Å². The van der Waals surface area contributed by atoms with Crippen LogP contribution >= 0.6 is 8.18 Å². The smallest absolute Gasteiger partial charge is 0.320 e. The van der Waals surface area contributed by atoms with E-state index in [4.69, 9.17) is 4.52 Å². The Balaban J connectivity index is 3.08. The molecule has 0 fully saturated rings. The van der Waals surface area contributed by atoms with E-state index in [-0.39, 0.29) is 0 Å². The van der Waals surface area contributed by atoms with Gasteiger partial charge >= 0.3 is 8.18 Å². The fourth-order valence-corrected chi connectivity index (χ4v) is 3.30. The van der Waals surface area contributed by atoms with Crippen LogP contribution in [0.3, 0.4) is 0 Å². The van der Waals surface area contributed by atoms with Gasteiger partial charge in [-0.1, -0.05) is 82.6 Å². The van der Waals surface area contributed by atoms with Crippen LogP contribution in [0.5, 0.6) is 0 Å². The monoisotopic (exact) mass is 347 g/mol. The van der Waals surface area contributed by atoms with Crippen molar-refractivity contribution in [2.24, 2.45) is 0 Å². The highest BCUT2D eigenvalue weighted by Gasteiger charge is 2.15. The lowest BCUT2D eigenvalue weighted by Gasteiger charge is -2.02. The van der Waals surface area contributed by atoms with Crippen LogP contribution in [0, 0.1) is 0 Å². The molecular formula is C18H40N2O2P+. The van der Waals surface area contributed by atoms with Gasteiger partial charge in [-0.05, 0) is 31.0 Å². The van der Waals surface area contributed by atoms with Gasteiger partial charge in [0.25, 0.3) is 0 Å². The van der Waals surface area contributed by atoms with Gasteiger partial charge in [0.1, 0.15) is 6.61 Å². The van der Waals surface area contributed by atoms with Gasteiger partial charge in [0.05, 0.1) is 0 Å². The summed E-state index contributed by atoms with van der Waals surface area (Å²) in [4.78, 5) is 0. The molecule has 138 valence electrons. The van der Waals surface area contributed by atoms with Gasteiger partial charge in [0.15, 0.2) is 0 Å². The first-order valence-electron chi connectivity index (χ1n) is 9.79. The first-order chi connectivity index (χ1) is 11.3. The number of nitrogens with one attached hydrogen (secondary N) is 2. The fraction of sp³-hybridized carbons (Fsp3) is 1.00. The highest BCUT2D eigenvalue weighted by molar-refractivity contribution is 7.36. The third-order valence-electron chi connectivity index (χ3n) is 4.05. The lowest BCUT2D eigenvalue weighted by Crippen LogP contribution is -2.15. The summed E-state index contributed by atoms with van der Waals surface area (Å²) in [6.45, 7) is 4.57. The Labute approximate surface area is 145 Å². The van der Waals surface area contributed by atoms with Gasteiger partial charge < -0.3 is 5.32 Å². The molecule has 0 aromatic rings. The number of unbranched alkanes of at least 4 members (excludes halogenated alkanes) is 11. The molecule has 0 rings (SSSR count). The summed E-state index contributed by atoms with van der Waals surface area (Å²) >= 11 is 0. The van der Waals surface area contributed by atoms with Crippen LogP contribution in [-0.4, -0.2) is 26.7 Å². The third kappa shape index (κ3) is 19.9. The zero-order chi connectivity index (χ0) is 17.0. The second-order valence-electron chi connectivity index (χ2n) is 6.34. The summed E-state index contributed by atoms with van der Waals surface area (Å²) < 4.78 is 16.8. The number of hydrogen-bond acceptors (Lipinski definition) is 3. The standard InChI is InChI=1S/C18H40N2O2P/c1-3-4-5-6-7-8-9-10-11-12-13-14-18-22-23(21)20-17-15-16-19-2/h19H,3-18H2,1-2H3,(H,20,21)/q+1. The molecule has 0 spiro atoms. The van der Waals surface area contributed by atoms with E-state index >= 15 is 0 Å². The van der Waals surface area contributed by atoms with Crippen LogP contribution in [0.15, 0.2) is 0 Å². The van der Waals surface area contributed by atoms with Crippen molar-refractivity contribution in [3.8, 4) is 0 Å². The van der Waals surface area contributed by atoms with E-state index in [9.17, 15) is 4.57 Å². The summed E-state index contributed by atoms with van der Waals surface area (Å²) in [6, 6.07) is 0. The van der Waals surface area contributed by atoms with Crippen molar-refractivity contribution in [3.63, 3.8) is 0 Å². The first-order valence-corrected chi connectivity index (χ1v) is 11.0. The van der Waals surface area contributed by atoms with E-state index in [2.05, 4.69) is 17.3 Å². The number of rotatable bonds is 19. The topological polar surface area (TPSA) is 50.4 Å². The molecule has 0 aliphatic rings. The first kappa shape index (κ1) is 23.0. The van der Waals surface area contributed by atoms with Crippen molar-refractivity contribution in [1.82, 2.24) is 10.4 Å². The fourth-order valence-electron chi connectivity index (χ4n) is 2.57. The normalized spacial score (nSPS) is 11.8. The third-order valence-corrected chi connectivity index (χ3v) is 4.95. The Morgan fingerprint density at radius 3 is 1.78 bits per heavy atom. The molecule has 0 saturated carbocycles. The zero-order valence-corrected chi connectivity index (χ0v) is 16.5. The molecule has 1 unspecified atom stereocenters. The SMILES string of the molecule is CCCCCCCCCCCCCCO[P+](=O)NCCCNC. The zero-order valence-electron chi connectivity index (χ0n) is 15.6. The highest BCUT2D eigenvalue weighted by atomic mass is 31.1. The van der Waals surface area contributed by atoms with E-state index in [1.165, 1.54) is 70.6 Å². The molecule has 4 nitrogen and oxygen atoms in total. The van der Waals surface area contributed by atoms with E-state index in [0.717, 1.165) is 25.9 Å². The molecule has 1 atom stereocenters. The minimum Gasteiger partial charge on any atom is -0.320 e. The van der Waals surface area contributed by atoms with Crippen molar-refractivity contribution in [1.29, 1.82) is 0 Å². The second kappa shape index (κ2) is 20.0. The van der Waals surface area contributed by atoms with Crippen molar-refractivity contribution in [3.05, 3.63) is 0 Å². The summed E-state index contributed by atoms with van der Waals surface area (Å²) in [5.41, 5.74) is 0. The lowest BCUT2D eigenvalue weighted by molar-refractivity contribution is 0.309. The van der Waals surface area contributed by atoms with Crippen molar-refractivity contribution >= 4 is 8.18 Å².